The van der Waals surface area contributed by atoms with Gasteiger partial charge in [0.15, 0.2) is 0 Å². The minimum absolute atomic E-state index is 0.00466. The SMILES string of the molecule is Cn1cc(CN2Cc3ccnn3[C@H](CCNC(=O)c3ccsc3)C2)cn1. The van der Waals surface area contributed by atoms with E-state index in [9.17, 15) is 4.79 Å². The fourth-order valence-electron chi connectivity index (χ4n) is 3.46. The number of carbonyl (C=O) groups excluding carboxylic acids is 1. The van der Waals surface area contributed by atoms with Crippen molar-refractivity contribution in [1.82, 2.24) is 29.8 Å². The molecule has 0 radical (unpaired) electrons. The molecule has 4 rings (SSSR count). The summed E-state index contributed by atoms with van der Waals surface area (Å²) < 4.78 is 3.94. The largest absolute Gasteiger partial charge is 0.352 e. The number of fused-ring (bicyclic) bond motifs is 1. The van der Waals surface area contributed by atoms with Crippen molar-refractivity contribution in [3.05, 3.63) is 58.3 Å². The standard InChI is InChI=1S/C18H22N6OS/c1-22-9-14(8-21-22)10-23-11-16(24-17(12-23)3-6-20-24)2-5-19-18(25)15-4-7-26-13-15/h3-4,6-9,13,16H,2,5,10-12H2,1H3,(H,19,25)/t16-/m1/s1. The minimum atomic E-state index is -0.00466. The van der Waals surface area contributed by atoms with E-state index >= 15 is 0 Å². The number of hydrogen-bond acceptors (Lipinski definition) is 5. The van der Waals surface area contributed by atoms with Crippen molar-refractivity contribution in [2.24, 2.45) is 7.05 Å². The van der Waals surface area contributed by atoms with Crippen molar-refractivity contribution in [2.75, 3.05) is 13.1 Å². The number of thiophene rings is 1. The molecule has 0 saturated carbocycles. The predicted octanol–water partition coefficient (Wildman–Crippen LogP) is 2.06. The molecular weight excluding hydrogens is 348 g/mol. The molecule has 1 amide bonds. The first-order valence-corrected chi connectivity index (χ1v) is 9.66. The number of carbonyl (C=O) groups is 1. The van der Waals surface area contributed by atoms with Crippen LogP contribution in [0.2, 0.25) is 0 Å². The Morgan fingerprint density at radius 1 is 1.38 bits per heavy atom. The third-order valence-corrected chi connectivity index (χ3v) is 5.35. The number of aryl methyl sites for hydroxylation is 1. The van der Waals surface area contributed by atoms with Gasteiger partial charge in [-0.3, -0.25) is 19.1 Å². The van der Waals surface area contributed by atoms with Crippen LogP contribution in [0.4, 0.5) is 0 Å². The van der Waals surface area contributed by atoms with Gasteiger partial charge in [0.25, 0.3) is 5.91 Å². The van der Waals surface area contributed by atoms with Gasteiger partial charge in [0.2, 0.25) is 0 Å². The maximum atomic E-state index is 12.1. The van der Waals surface area contributed by atoms with Crippen LogP contribution in [0.5, 0.6) is 0 Å². The van der Waals surface area contributed by atoms with E-state index in [4.69, 9.17) is 0 Å². The zero-order valence-electron chi connectivity index (χ0n) is 14.7. The summed E-state index contributed by atoms with van der Waals surface area (Å²) in [7, 11) is 1.94. The number of nitrogens with one attached hydrogen (secondary N) is 1. The highest BCUT2D eigenvalue weighted by Gasteiger charge is 2.25. The first-order valence-electron chi connectivity index (χ1n) is 8.72. The van der Waals surface area contributed by atoms with Gasteiger partial charge in [0, 0.05) is 62.1 Å². The molecule has 1 N–H and O–H groups in total. The van der Waals surface area contributed by atoms with Gasteiger partial charge in [0.1, 0.15) is 0 Å². The molecule has 136 valence electrons. The molecule has 0 spiro atoms. The van der Waals surface area contributed by atoms with Crippen molar-refractivity contribution in [3.8, 4) is 0 Å². The molecule has 0 bridgehead atoms. The fraction of sp³-hybridized carbons (Fsp3) is 0.389. The van der Waals surface area contributed by atoms with Crippen LogP contribution in [0.1, 0.15) is 34.1 Å². The van der Waals surface area contributed by atoms with Gasteiger partial charge < -0.3 is 5.32 Å². The molecule has 0 unspecified atom stereocenters. The lowest BCUT2D eigenvalue weighted by atomic mass is 10.1. The Bertz CT molecular complexity index is 868. The van der Waals surface area contributed by atoms with E-state index in [0.717, 1.165) is 31.6 Å². The molecule has 0 saturated heterocycles. The van der Waals surface area contributed by atoms with E-state index < -0.39 is 0 Å². The molecule has 1 atom stereocenters. The molecular formula is C18H22N6OS. The number of hydrogen-bond donors (Lipinski definition) is 1. The Morgan fingerprint density at radius 2 is 2.31 bits per heavy atom. The Balaban J connectivity index is 1.37. The van der Waals surface area contributed by atoms with E-state index in [1.165, 1.54) is 22.6 Å². The maximum Gasteiger partial charge on any atom is 0.252 e. The topological polar surface area (TPSA) is 68.0 Å². The third-order valence-electron chi connectivity index (χ3n) is 4.66. The summed E-state index contributed by atoms with van der Waals surface area (Å²) >= 11 is 1.54. The molecule has 1 aliphatic heterocycles. The van der Waals surface area contributed by atoms with Crippen molar-refractivity contribution in [1.29, 1.82) is 0 Å². The molecule has 1 aliphatic rings. The molecule has 0 aliphatic carbocycles. The van der Waals surface area contributed by atoms with Crippen molar-refractivity contribution < 1.29 is 4.79 Å². The maximum absolute atomic E-state index is 12.1. The molecule has 0 aromatic carbocycles. The lowest BCUT2D eigenvalue weighted by molar-refractivity contribution is 0.0947. The Kier molecular flexibility index (Phi) is 4.85. The van der Waals surface area contributed by atoms with E-state index in [0.29, 0.717) is 6.54 Å². The Hall–Kier alpha value is -2.45. The van der Waals surface area contributed by atoms with Crippen molar-refractivity contribution in [2.45, 2.75) is 25.6 Å². The van der Waals surface area contributed by atoms with E-state index in [-0.39, 0.29) is 11.9 Å². The molecule has 4 heterocycles. The lowest BCUT2D eigenvalue weighted by Crippen LogP contribution is -2.38. The Labute approximate surface area is 156 Å². The van der Waals surface area contributed by atoms with Crippen LogP contribution in [0, 0.1) is 0 Å². The van der Waals surface area contributed by atoms with Crippen LogP contribution < -0.4 is 5.32 Å². The van der Waals surface area contributed by atoms with Gasteiger partial charge >= 0.3 is 0 Å². The third kappa shape index (κ3) is 3.71. The van der Waals surface area contributed by atoms with Gasteiger partial charge in [-0.1, -0.05) is 0 Å². The quantitative estimate of drug-likeness (QED) is 0.721. The first-order chi connectivity index (χ1) is 12.7. The average Bonchev–Trinajstić information content (AvgIpc) is 3.36. The number of amides is 1. The van der Waals surface area contributed by atoms with Crippen LogP contribution in [0.15, 0.2) is 41.5 Å². The van der Waals surface area contributed by atoms with Gasteiger partial charge in [-0.2, -0.15) is 21.5 Å². The van der Waals surface area contributed by atoms with Crippen LogP contribution in [0.3, 0.4) is 0 Å². The van der Waals surface area contributed by atoms with E-state index in [1.54, 1.807) is 0 Å². The molecule has 3 aromatic rings. The highest BCUT2D eigenvalue weighted by molar-refractivity contribution is 7.08. The summed E-state index contributed by atoms with van der Waals surface area (Å²) in [5.74, 6) is -0.00466. The highest BCUT2D eigenvalue weighted by atomic mass is 32.1. The summed E-state index contributed by atoms with van der Waals surface area (Å²) in [6.45, 7) is 3.31. The number of nitrogens with zero attached hydrogens (tertiary/aromatic N) is 5. The molecule has 7 nitrogen and oxygen atoms in total. The molecule has 8 heteroatoms. The van der Waals surface area contributed by atoms with Gasteiger partial charge in [-0.25, -0.2) is 0 Å². The molecule has 0 fully saturated rings. The van der Waals surface area contributed by atoms with Crippen LogP contribution >= 0.6 is 11.3 Å². The lowest BCUT2D eigenvalue weighted by Gasteiger charge is -2.33. The predicted molar refractivity (Wildman–Crippen MR) is 99.9 cm³/mol. The van der Waals surface area contributed by atoms with Gasteiger partial charge in [0.05, 0.1) is 17.9 Å². The fourth-order valence-corrected chi connectivity index (χ4v) is 4.09. The smallest absolute Gasteiger partial charge is 0.252 e. The molecule has 26 heavy (non-hydrogen) atoms. The minimum Gasteiger partial charge on any atom is -0.352 e. The van der Waals surface area contributed by atoms with Crippen LogP contribution in [-0.4, -0.2) is 43.5 Å². The number of rotatable bonds is 6. The second kappa shape index (κ2) is 7.43. The van der Waals surface area contributed by atoms with Crippen molar-refractivity contribution in [3.63, 3.8) is 0 Å². The summed E-state index contributed by atoms with van der Waals surface area (Å²) in [4.78, 5) is 14.5. The second-order valence-electron chi connectivity index (χ2n) is 6.67. The zero-order chi connectivity index (χ0) is 17.9. The summed E-state index contributed by atoms with van der Waals surface area (Å²) in [5, 5.41) is 15.6. The van der Waals surface area contributed by atoms with E-state index in [1.807, 2.05) is 40.9 Å². The van der Waals surface area contributed by atoms with Crippen LogP contribution in [0.25, 0.3) is 0 Å². The van der Waals surface area contributed by atoms with E-state index in [2.05, 4.69) is 37.4 Å². The average molecular weight is 370 g/mol. The number of aromatic nitrogens is 4. The summed E-state index contributed by atoms with van der Waals surface area (Å²) in [6.07, 6.45) is 6.69. The zero-order valence-corrected chi connectivity index (χ0v) is 15.5. The summed E-state index contributed by atoms with van der Waals surface area (Å²) in [6, 6.07) is 4.18. The Morgan fingerprint density at radius 3 is 3.08 bits per heavy atom. The van der Waals surface area contributed by atoms with Crippen molar-refractivity contribution >= 4 is 17.2 Å². The summed E-state index contributed by atoms with van der Waals surface area (Å²) in [5.41, 5.74) is 3.16. The second-order valence-corrected chi connectivity index (χ2v) is 7.45. The van der Waals surface area contributed by atoms with Gasteiger partial charge in [-0.15, -0.1) is 0 Å². The molecule has 3 aromatic heterocycles. The van der Waals surface area contributed by atoms with Crippen LogP contribution in [-0.2, 0) is 20.1 Å². The van der Waals surface area contributed by atoms with Gasteiger partial charge in [-0.05, 0) is 23.9 Å². The first kappa shape index (κ1) is 17.0. The highest BCUT2D eigenvalue weighted by Crippen LogP contribution is 2.24. The monoisotopic (exact) mass is 370 g/mol. The normalized spacial score (nSPS) is 17.2.